The molecule has 1 fully saturated rings. The van der Waals surface area contributed by atoms with Crippen molar-refractivity contribution in [3.05, 3.63) is 0 Å². The van der Waals surface area contributed by atoms with Crippen LogP contribution >= 0.6 is 0 Å². The molecule has 0 saturated heterocycles. The van der Waals surface area contributed by atoms with Crippen molar-refractivity contribution in [2.24, 2.45) is 11.8 Å². The van der Waals surface area contributed by atoms with Crippen LogP contribution in [0.15, 0.2) is 0 Å². The molecule has 96 valence electrons. The van der Waals surface area contributed by atoms with E-state index < -0.39 is 0 Å². The number of hydrogen-bond donors (Lipinski definition) is 1. The van der Waals surface area contributed by atoms with Crippen LogP contribution in [0.4, 0.5) is 0 Å². The van der Waals surface area contributed by atoms with Crippen molar-refractivity contribution in [1.82, 2.24) is 5.32 Å². The van der Waals surface area contributed by atoms with Gasteiger partial charge in [0.05, 0.1) is 5.60 Å². The molecule has 0 heterocycles. The van der Waals surface area contributed by atoms with Crippen LogP contribution in [0.3, 0.4) is 0 Å². The lowest BCUT2D eigenvalue weighted by atomic mass is 9.76. The van der Waals surface area contributed by atoms with Crippen molar-refractivity contribution >= 4 is 0 Å². The van der Waals surface area contributed by atoms with Gasteiger partial charge in [-0.05, 0) is 52.0 Å². The largest absolute Gasteiger partial charge is 0.379 e. The van der Waals surface area contributed by atoms with Crippen molar-refractivity contribution in [3.63, 3.8) is 0 Å². The molecule has 1 unspecified atom stereocenters. The molecule has 0 spiro atoms. The molecule has 0 aromatic heterocycles. The topological polar surface area (TPSA) is 21.3 Å². The number of rotatable bonds is 5. The van der Waals surface area contributed by atoms with E-state index in [1.54, 1.807) is 0 Å². The van der Waals surface area contributed by atoms with Crippen LogP contribution in [-0.2, 0) is 4.74 Å². The summed E-state index contributed by atoms with van der Waals surface area (Å²) in [6.45, 7) is 6.75. The second-order valence-corrected chi connectivity index (χ2v) is 6.08. The first-order valence-corrected chi connectivity index (χ1v) is 6.71. The number of nitrogens with one attached hydrogen (secondary N) is 1. The molecule has 2 nitrogen and oxygen atoms in total. The molecule has 0 aliphatic heterocycles. The Labute approximate surface area is 101 Å². The summed E-state index contributed by atoms with van der Waals surface area (Å²) in [5.41, 5.74) is -0.00323. The molecule has 0 aromatic carbocycles. The van der Waals surface area contributed by atoms with Gasteiger partial charge >= 0.3 is 0 Å². The zero-order valence-electron chi connectivity index (χ0n) is 11.7. The molecule has 16 heavy (non-hydrogen) atoms. The van der Waals surface area contributed by atoms with Crippen LogP contribution in [0.5, 0.6) is 0 Å². The van der Waals surface area contributed by atoms with Gasteiger partial charge in [0.2, 0.25) is 0 Å². The summed E-state index contributed by atoms with van der Waals surface area (Å²) >= 11 is 0. The summed E-state index contributed by atoms with van der Waals surface area (Å²) in [7, 11) is 3.91. The number of ether oxygens (including phenoxy) is 1. The van der Waals surface area contributed by atoms with E-state index in [1.807, 2.05) is 7.11 Å². The highest BCUT2D eigenvalue weighted by molar-refractivity contribution is 4.85. The van der Waals surface area contributed by atoms with Crippen molar-refractivity contribution in [2.45, 2.75) is 64.5 Å². The third-order valence-corrected chi connectivity index (χ3v) is 4.26. The minimum absolute atomic E-state index is 0.00323. The molecule has 0 bridgehead atoms. The monoisotopic (exact) mass is 227 g/mol. The van der Waals surface area contributed by atoms with Gasteiger partial charge in [-0.3, -0.25) is 0 Å². The van der Waals surface area contributed by atoms with Gasteiger partial charge in [-0.1, -0.05) is 19.8 Å². The van der Waals surface area contributed by atoms with Crippen LogP contribution < -0.4 is 5.32 Å². The summed E-state index contributed by atoms with van der Waals surface area (Å²) in [5.74, 6) is 1.78. The molecule has 1 N–H and O–H groups in total. The minimum atomic E-state index is -0.00323. The van der Waals surface area contributed by atoms with E-state index in [-0.39, 0.29) is 5.60 Å². The lowest BCUT2D eigenvalue weighted by Crippen LogP contribution is -2.42. The molecule has 0 radical (unpaired) electrons. The van der Waals surface area contributed by atoms with E-state index in [0.717, 1.165) is 18.3 Å². The standard InChI is InChI=1S/C14H29NO/c1-11-6-8-12(9-7-11)13(15-4)10-14(2,3)16-5/h11-13,15H,6-10H2,1-5H3. The number of methoxy groups -OCH3 is 1. The first kappa shape index (κ1) is 14.0. The SMILES string of the molecule is CNC(CC(C)(C)OC)C1CCC(C)CC1. The van der Waals surface area contributed by atoms with E-state index >= 15 is 0 Å². The van der Waals surface area contributed by atoms with Crippen LogP contribution in [0.25, 0.3) is 0 Å². The molecule has 1 saturated carbocycles. The van der Waals surface area contributed by atoms with Crippen LogP contribution in [-0.4, -0.2) is 25.8 Å². The smallest absolute Gasteiger partial charge is 0.0637 e. The highest BCUT2D eigenvalue weighted by Crippen LogP contribution is 2.33. The Hall–Kier alpha value is -0.0800. The molecule has 2 heteroatoms. The Kier molecular flexibility index (Phi) is 5.26. The maximum atomic E-state index is 5.54. The van der Waals surface area contributed by atoms with Gasteiger partial charge < -0.3 is 10.1 Å². The summed E-state index contributed by atoms with van der Waals surface area (Å²) < 4.78 is 5.54. The number of hydrogen-bond acceptors (Lipinski definition) is 2. The minimum Gasteiger partial charge on any atom is -0.379 e. The maximum absolute atomic E-state index is 5.54. The van der Waals surface area contributed by atoms with E-state index in [9.17, 15) is 0 Å². The van der Waals surface area contributed by atoms with E-state index in [4.69, 9.17) is 4.74 Å². The van der Waals surface area contributed by atoms with Crippen LogP contribution in [0.1, 0.15) is 52.9 Å². The van der Waals surface area contributed by atoms with Crippen LogP contribution in [0.2, 0.25) is 0 Å². The fourth-order valence-electron chi connectivity index (χ4n) is 2.81. The van der Waals surface area contributed by atoms with Gasteiger partial charge in [0.15, 0.2) is 0 Å². The van der Waals surface area contributed by atoms with Gasteiger partial charge in [-0.25, -0.2) is 0 Å². The summed E-state index contributed by atoms with van der Waals surface area (Å²) in [5, 5.41) is 3.50. The van der Waals surface area contributed by atoms with Crippen molar-refractivity contribution in [3.8, 4) is 0 Å². The predicted molar refractivity (Wildman–Crippen MR) is 69.7 cm³/mol. The van der Waals surface area contributed by atoms with E-state index in [1.165, 1.54) is 25.7 Å². The highest BCUT2D eigenvalue weighted by atomic mass is 16.5. The summed E-state index contributed by atoms with van der Waals surface area (Å²) in [6, 6.07) is 0.613. The Morgan fingerprint density at radius 1 is 1.25 bits per heavy atom. The molecule has 0 aromatic rings. The van der Waals surface area contributed by atoms with E-state index in [2.05, 4.69) is 33.1 Å². The van der Waals surface area contributed by atoms with Crippen molar-refractivity contribution in [2.75, 3.05) is 14.2 Å². The second kappa shape index (κ2) is 6.02. The van der Waals surface area contributed by atoms with E-state index in [0.29, 0.717) is 6.04 Å². The molecule has 0 amide bonds. The average molecular weight is 227 g/mol. The second-order valence-electron chi connectivity index (χ2n) is 6.08. The zero-order valence-corrected chi connectivity index (χ0v) is 11.7. The third-order valence-electron chi connectivity index (χ3n) is 4.26. The fraction of sp³-hybridized carbons (Fsp3) is 1.00. The van der Waals surface area contributed by atoms with Gasteiger partial charge in [-0.2, -0.15) is 0 Å². The van der Waals surface area contributed by atoms with Gasteiger partial charge in [-0.15, -0.1) is 0 Å². The van der Waals surface area contributed by atoms with Crippen molar-refractivity contribution in [1.29, 1.82) is 0 Å². The Balaban J connectivity index is 2.47. The lowest BCUT2D eigenvalue weighted by Gasteiger charge is -2.36. The average Bonchev–Trinajstić information content (AvgIpc) is 2.27. The van der Waals surface area contributed by atoms with Gasteiger partial charge in [0, 0.05) is 13.2 Å². The van der Waals surface area contributed by atoms with Crippen molar-refractivity contribution < 1.29 is 4.74 Å². The molecule has 1 aliphatic rings. The first-order chi connectivity index (χ1) is 7.48. The fourth-order valence-corrected chi connectivity index (χ4v) is 2.81. The van der Waals surface area contributed by atoms with Gasteiger partial charge in [0.1, 0.15) is 0 Å². The Morgan fingerprint density at radius 2 is 1.81 bits per heavy atom. The predicted octanol–water partition coefficient (Wildman–Crippen LogP) is 3.22. The van der Waals surface area contributed by atoms with Gasteiger partial charge in [0.25, 0.3) is 0 Å². The summed E-state index contributed by atoms with van der Waals surface area (Å²) in [4.78, 5) is 0. The third kappa shape index (κ3) is 4.06. The quantitative estimate of drug-likeness (QED) is 0.778. The maximum Gasteiger partial charge on any atom is 0.0637 e. The molecular weight excluding hydrogens is 198 g/mol. The first-order valence-electron chi connectivity index (χ1n) is 6.71. The Bertz CT molecular complexity index is 195. The summed E-state index contributed by atoms with van der Waals surface area (Å²) in [6.07, 6.45) is 6.67. The molecule has 1 aliphatic carbocycles. The normalized spacial score (nSPS) is 29.1. The molecular formula is C14H29NO. The molecule has 1 rings (SSSR count). The Morgan fingerprint density at radius 3 is 2.25 bits per heavy atom. The van der Waals surface area contributed by atoms with Crippen LogP contribution in [0, 0.1) is 11.8 Å². The highest BCUT2D eigenvalue weighted by Gasteiger charge is 2.30. The zero-order chi connectivity index (χ0) is 12.2. The molecule has 1 atom stereocenters. The lowest BCUT2D eigenvalue weighted by molar-refractivity contribution is -0.000446.